The number of nitrogen functional groups attached to an aromatic ring is 1. The summed E-state index contributed by atoms with van der Waals surface area (Å²) in [4.78, 5) is 0.230. The molecule has 5 nitrogen and oxygen atoms in total. The number of nitrogens with one attached hydrogen (secondary N) is 1. The van der Waals surface area contributed by atoms with Gasteiger partial charge in [0.1, 0.15) is 11.5 Å². The number of rotatable bonds is 7. The molecule has 0 radical (unpaired) electrons. The van der Waals surface area contributed by atoms with E-state index in [9.17, 15) is 8.42 Å². The van der Waals surface area contributed by atoms with Gasteiger partial charge in [-0.05, 0) is 55.0 Å². The monoisotopic (exact) mass is 320 g/mol. The van der Waals surface area contributed by atoms with Gasteiger partial charge in [0, 0.05) is 12.2 Å². The highest BCUT2D eigenvalue weighted by Crippen LogP contribution is 2.23. The molecule has 0 aliphatic rings. The first-order chi connectivity index (χ1) is 10.5. The van der Waals surface area contributed by atoms with E-state index in [0.29, 0.717) is 23.7 Å². The van der Waals surface area contributed by atoms with E-state index in [2.05, 4.69) is 4.72 Å². The zero-order chi connectivity index (χ0) is 16.0. The summed E-state index contributed by atoms with van der Waals surface area (Å²) in [5.41, 5.74) is 6.27. The average Bonchev–Trinajstić information content (AvgIpc) is 2.50. The SMILES string of the molecule is CCCCNS(=O)(=O)c1ccc(Oc2ccc(N)cc2)cc1. The van der Waals surface area contributed by atoms with E-state index in [4.69, 9.17) is 10.5 Å². The summed E-state index contributed by atoms with van der Waals surface area (Å²) in [6.45, 7) is 2.46. The maximum Gasteiger partial charge on any atom is 0.240 e. The molecule has 0 saturated heterocycles. The Labute approximate surface area is 131 Å². The molecule has 22 heavy (non-hydrogen) atoms. The fraction of sp³-hybridized carbons (Fsp3) is 0.250. The molecule has 0 fully saturated rings. The number of ether oxygens (including phenoxy) is 1. The Kier molecular flexibility index (Phi) is 5.41. The van der Waals surface area contributed by atoms with Crippen molar-refractivity contribution in [1.82, 2.24) is 4.72 Å². The number of unbranched alkanes of at least 4 members (excludes halogenated alkanes) is 1. The molecule has 2 aromatic carbocycles. The van der Waals surface area contributed by atoms with Gasteiger partial charge in [-0.25, -0.2) is 13.1 Å². The molecule has 0 bridgehead atoms. The van der Waals surface area contributed by atoms with Crippen molar-refractivity contribution < 1.29 is 13.2 Å². The predicted molar refractivity (Wildman–Crippen MR) is 87.5 cm³/mol. The third-order valence-corrected chi connectivity index (χ3v) is 4.55. The van der Waals surface area contributed by atoms with Crippen LogP contribution >= 0.6 is 0 Å². The highest BCUT2D eigenvalue weighted by Gasteiger charge is 2.12. The first kappa shape index (κ1) is 16.3. The number of benzene rings is 2. The van der Waals surface area contributed by atoms with E-state index < -0.39 is 10.0 Å². The number of nitrogens with two attached hydrogens (primary N) is 1. The first-order valence-electron chi connectivity index (χ1n) is 7.14. The maximum absolute atomic E-state index is 12.0. The Morgan fingerprint density at radius 2 is 1.55 bits per heavy atom. The quantitative estimate of drug-likeness (QED) is 0.606. The van der Waals surface area contributed by atoms with Gasteiger partial charge >= 0.3 is 0 Å². The molecule has 0 aromatic heterocycles. The van der Waals surface area contributed by atoms with E-state index in [-0.39, 0.29) is 4.90 Å². The van der Waals surface area contributed by atoms with Gasteiger partial charge in [0.2, 0.25) is 10.0 Å². The van der Waals surface area contributed by atoms with Crippen LogP contribution in [0.3, 0.4) is 0 Å². The van der Waals surface area contributed by atoms with Gasteiger partial charge in [-0.1, -0.05) is 13.3 Å². The van der Waals surface area contributed by atoms with E-state index >= 15 is 0 Å². The Bertz CT molecular complexity index is 695. The Hall–Kier alpha value is -2.05. The molecule has 0 heterocycles. The lowest BCUT2D eigenvalue weighted by Gasteiger charge is -2.08. The fourth-order valence-corrected chi connectivity index (χ4v) is 2.90. The molecule has 118 valence electrons. The van der Waals surface area contributed by atoms with Gasteiger partial charge in [0.25, 0.3) is 0 Å². The van der Waals surface area contributed by atoms with Crippen molar-refractivity contribution in [3.8, 4) is 11.5 Å². The summed E-state index contributed by atoms with van der Waals surface area (Å²) in [5.74, 6) is 1.21. The predicted octanol–water partition coefficient (Wildman–Crippen LogP) is 3.14. The molecule has 0 unspecified atom stereocenters. The lowest BCUT2D eigenvalue weighted by Crippen LogP contribution is -2.24. The van der Waals surface area contributed by atoms with Crippen molar-refractivity contribution in [3.05, 3.63) is 48.5 Å². The Morgan fingerprint density at radius 1 is 1.00 bits per heavy atom. The molecule has 0 atom stereocenters. The number of anilines is 1. The van der Waals surface area contributed by atoms with Crippen molar-refractivity contribution in [1.29, 1.82) is 0 Å². The second-order valence-corrected chi connectivity index (χ2v) is 6.66. The summed E-state index contributed by atoms with van der Waals surface area (Å²) < 4.78 is 32.3. The van der Waals surface area contributed by atoms with Gasteiger partial charge in [0.15, 0.2) is 0 Å². The van der Waals surface area contributed by atoms with Crippen LogP contribution in [0.25, 0.3) is 0 Å². The molecular formula is C16H20N2O3S. The maximum atomic E-state index is 12.0. The van der Waals surface area contributed by atoms with E-state index in [1.165, 1.54) is 12.1 Å². The lowest BCUT2D eigenvalue weighted by atomic mass is 10.3. The third-order valence-electron chi connectivity index (χ3n) is 3.07. The molecular weight excluding hydrogens is 300 g/mol. The van der Waals surface area contributed by atoms with Crippen LogP contribution in [0.15, 0.2) is 53.4 Å². The second kappa shape index (κ2) is 7.29. The van der Waals surface area contributed by atoms with Crippen molar-refractivity contribution in [2.45, 2.75) is 24.7 Å². The fourth-order valence-electron chi connectivity index (χ4n) is 1.83. The summed E-state index contributed by atoms with van der Waals surface area (Å²) in [5, 5.41) is 0. The molecule has 2 aromatic rings. The molecule has 0 spiro atoms. The summed E-state index contributed by atoms with van der Waals surface area (Å²) in [6.07, 6.45) is 1.76. The van der Waals surface area contributed by atoms with Crippen LogP contribution in [-0.2, 0) is 10.0 Å². The van der Waals surface area contributed by atoms with E-state index in [1.807, 2.05) is 6.92 Å². The largest absolute Gasteiger partial charge is 0.457 e. The topological polar surface area (TPSA) is 81.4 Å². The molecule has 2 rings (SSSR count). The van der Waals surface area contributed by atoms with Crippen molar-refractivity contribution in [2.75, 3.05) is 12.3 Å². The smallest absolute Gasteiger partial charge is 0.240 e. The minimum absolute atomic E-state index is 0.230. The van der Waals surface area contributed by atoms with Gasteiger partial charge in [-0.15, -0.1) is 0 Å². The zero-order valence-electron chi connectivity index (χ0n) is 12.5. The molecule has 0 aliphatic heterocycles. The molecule has 0 amide bonds. The zero-order valence-corrected chi connectivity index (χ0v) is 13.3. The molecule has 3 N–H and O–H groups in total. The standard InChI is InChI=1S/C16H20N2O3S/c1-2-3-12-18-22(19,20)16-10-8-15(9-11-16)21-14-6-4-13(17)5-7-14/h4-11,18H,2-3,12,17H2,1H3. The van der Waals surface area contributed by atoms with Gasteiger partial charge < -0.3 is 10.5 Å². The van der Waals surface area contributed by atoms with Crippen LogP contribution in [0.5, 0.6) is 11.5 Å². The second-order valence-electron chi connectivity index (χ2n) is 4.89. The normalized spacial score (nSPS) is 11.3. The van der Waals surface area contributed by atoms with Crippen LogP contribution < -0.4 is 15.2 Å². The number of hydrogen-bond acceptors (Lipinski definition) is 4. The molecule has 6 heteroatoms. The average molecular weight is 320 g/mol. The van der Waals surface area contributed by atoms with Crippen LogP contribution in [0.1, 0.15) is 19.8 Å². The lowest BCUT2D eigenvalue weighted by molar-refractivity contribution is 0.482. The third kappa shape index (κ3) is 4.47. The van der Waals surface area contributed by atoms with Gasteiger partial charge in [-0.2, -0.15) is 0 Å². The first-order valence-corrected chi connectivity index (χ1v) is 8.63. The van der Waals surface area contributed by atoms with E-state index in [0.717, 1.165) is 12.8 Å². The number of hydrogen-bond donors (Lipinski definition) is 2. The molecule has 0 aliphatic carbocycles. The molecule has 0 saturated carbocycles. The van der Waals surface area contributed by atoms with Crippen LogP contribution in [0, 0.1) is 0 Å². The highest BCUT2D eigenvalue weighted by atomic mass is 32.2. The van der Waals surface area contributed by atoms with Crippen molar-refractivity contribution >= 4 is 15.7 Å². The van der Waals surface area contributed by atoms with Crippen LogP contribution in [0.4, 0.5) is 5.69 Å². The Balaban J connectivity index is 2.05. The van der Waals surface area contributed by atoms with E-state index in [1.54, 1.807) is 36.4 Å². The minimum Gasteiger partial charge on any atom is -0.457 e. The van der Waals surface area contributed by atoms with Crippen molar-refractivity contribution in [3.63, 3.8) is 0 Å². The summed E-state index contributed by atoms with van der Waals surface area (Å²) >= 11 is 0. The van der Waals surface area contributed by atoms with Gasteiger partial charge in [0.05, 0.1) is 4.90 Å². The van der Waals surface area contributed by atoms with Crippen LogP contribution in [0.2, 0.25) is 0 Å². The number of sulfonamides is 1. The highest BCUT2D eigenvalue weighted by molar-refractivity contribution is 7.89. The minimum atomic E-state index is -3.45. The van der Waals surface area contributed by atoms with Gasteiger partial charge in [-0.3, -0.25) is 0 Å². The van der Waals surface area contributed by atoms with Crippen LogP contribution in [-0.4, -0.2) is 15.0 Å². The summed E-state index contributed by atoms with van der Waals surface area (Å²) in [7, 11) is -3.45. The summed E-state index contributed by atoms with van der Waals surface area (Å²) in [6, 6.07) is 13.3. The Morgan fingerprint density at radius 3 is 2.09 bits per heavy atom. The van der Waals surface area contributed by atoms with Crippen molar-refractivity contribution in [2.24, 2.45) is 0 Å².